The van der Waals surface area contributed by atoms with Crippen LogP contribution in [-0.4, -0.2) is 49.4 Å². The summed E-state index contributed by atoms with van der Waals surface area (Å²) in [4.78, 5) is 2.36. The Kier molecular flexibility index (Phi) is 6.52. The number of halogens is 1. The highest BCUT2D eigenvalue weighted by atomic mass is 79.9. The fraction of sp³-hybridized carbons (Fsp3) is 0.462. The van der Waals surface area contributed by atoms with Gasteiger partial charge in [-0.15, -0.1) is 0 Å². The molecule has 0 spiro atoms. The zero-order valence-corrected chi connectivity index (χ0v) is 13.6. The SMILES string of the molecule is S=C(NCCN1CCOCC1)NNc1cccc(Br)c1. The van der Waals surface area contributed by atoms with Crippen molar-refractivity contribution in [3.63, 3.8) is 0 Å². The van der Waals surface area contributed by atoms with Gasteiger partial charge in [0.2, 0.25) is 0 Å². The van der Waals surface area contributed by atoms with Crippen molar-refractivity contribution >= 4 is 38.9 Å². The van der Waals surface area contributed by atoms with Gasteiger partial charge in [-0.25, -0.2) is 0 Å². The summed E-state index contributed by atoms with van der Waals surface area (Å²) in [6, 6.07) is 7.88. The summed E-state index contributed by atoms with van der Waals surface area (Å²) in [5, 5.41) is 3.77. The van der Waals surface area contributed by atoms with E-state index < -0.39 is 0 Å². The second-order valence-electron chi connectivity index (χ2n) is 4.47. The van der Waals surface area contributed by atoms with Crippen molar-refractivity contribution in [2.75, 3.05) is 44.8 Å². The first kappa shape index (κ1) is 15.5. The van der Waals surface area contributed by atoms with Gasteiger partial charge in [-0.2, -0.15) is 0 Å². The smallest absolute Gasteiger partial charge is 0.185 e. The summed E-state index contributed by atoms with van der Waals surface area (Å²) in [6.45, 7) is 5.45. The quantitative estimate of drug-likeness (QED) is 0.548. The zero-order chi connectivity index (χ0) is 14.2. The lowest BCUT2D eigenvalue weighted by atomic mass is 10.3. The zero-order valence-electron chi connectivity index (χ0n) is 11.2. The van der Waals surface area contributed by atoms with Crippen LogP contribution in [0.15, 0.2) is 28.7 Å². The minimum absolute atomic E-state index is 0.596. The first-order valence-electron chi connectivity index (χ1n) is 6.59. The summed E-state index contributed by atoms with van der Waals surface area (Å²) in [7, 11) is 0. The number of rotatable bonds is 5. The van der Waals surface area contributed by atoms with Gasteiger partial charge in [0.25, 0.3) is 0 Å². The molecule has 1 heterocycles. The Morgan fingerprint density at radius 2 is 2.15 bits per heavy atom. The number of nitrogens with one attached hydrogen (secondary N) is 3. The van der Waals surface area contributed by atoms with Gasteiger partial charge in [0.1, 0.15) is 0 Å². The van der Waals surface area contributed by atoms with Gasteiger partial charge in [-0.3, -0.25) is 15.8 Å². The van der Waals surface area contributed by atoms with Crippen LogP contribution in [0.5, 0.6) is 0 Å². The monoisotopic (exact) mass is 358 g/mol. The van der Waals surface area contributed by atoms with E-state index in [1.165, 1.54) is 0 Å². The average Bonchev–Trinajstić information content (AvgIpc) is 2.46. The maximum Gasteiger partial charge on any atom is 0.185 e. The molecule has 1 fully saturated rings. The largest absolute Gasteiger partial charge is 0.379 e. The van der Waals surface area contributed by atoms with Crippen molar-refractivity contribution < 1.29 is 4.74 Å². The van der Waals surface area contributed by atoms with Gasteiger partial charge in [-0.05, 0) is 30.4 Å². The van der Waals surface area contributed by atoms with Crippen molar-refractivity contribution in [1.82, 2.24) is 15.6 Å². The van der Waals surface area contributed by atoms with E-state index in [9.17, 15) is 0 Å². The highest BCUT2D eigenvalue weighted by Crippen LogP contribution is 2.14. The average molecular weight is 359 g/mol. The highest BCUT2D eigenvalue weighted by Gasteiger charge is 2.09. The maximum atomic E-state index is 5.31. The molecule has 7 heteroatoms. The molecule has 20 heavy (non-hydrogen) atoms. The van der Waals surface area contributed by atoms with Crippen LogP contribution in [0.1, 0.15) is 0 Å². The van der Waals surface area contributed by atoms with Crippen LogP contribution in [0.2, 0.25) is 0 Å². The van der Waals surface area contributed by atoms with E-state index in [1.54, 1.807) is 0 Å². The summed E-state index contributed by atoms with van der Waals surface area (Å²) >= 11 is 8.64. The number of hydrogen-bond donors (Lipinski definition) is 3. The van der Waals surface area contributed by atoms with Crippen LogP contribution in [0, 0.1) is 0 Å². The predicted molar refractivity (Wildman–Crippen MR) is 88.8 cm³/mol. The third-order valence-electron chi connectivity index (χ3n) is 2.96. The van der Waals surface area contributed by atoms with E-state index in [4.69, 9.17) is 17.0 Å². The van der Waals surface area contributed by atoms with Crippen LogP contribution in [-0.2, 0) is 4.74 Å². The molecule has 1 aliphatic heterocycles. The third-order valence-corrected chi connectivity index (χ3v) is 3.70. The molecule has 0 saturated carbocycles. The van der Waals surface area contributed by atoms with Crippen LogP contribution in [0.3, 0.4) is 0 Å². The number of hydrazine groups is 1. The van der Waals surface area contributed by atoms with Crippen LogP contribution >= 0.6 is 28.1 Å². The number of morpholine rings is 1. The summed E-state index contributed by atoms with van der Waals surface area (Å²) in [5.74, 6) is 0. The number of hydrogen-bond acceptors (Lipinski definition) is 4. The van der Waals surface area contributed by atoms with E-state index in [2.05, 4.69) is 37.0 Å². The molecule has 0 aromatic heterocycles. The Morgan fingerprint density at radius 3 is 2.90 bits per heavy atom. The molecule has 1 saturated heterocycles. The third kappa shape index (κ3) is 5.62. The first-order valence-corrected chi connectivity index (χ1v) is 7.80. The molecule has 0 atom stereocenters. The Balaban J connectivity index is 1.60. The molecular formula is C13H19BrN4OS. The fourth-order valence-corrected chi connectivity index (χ4v) is 2.44. The van der Waals surface area contributed by atoms with E-state index >= 15 is 0 Å². The van der Waals surface area contributed by atoms with E-state index in [1.807, 2.05) is 24.3 Å². The van der Waals surface area contributed by atoms with Crippen molar-refractivity contribution in [2.24, 2.45) is 0 Å². The Labute approximate surface area is 133 Å². The fourth-order valence-electron chi connectivity index (χ4n) is 1.89. The Morgan fingerprint density at radius 1 is 1.35 bits per heavy atom. The van der Waals surface area contributed by atoms with Gasteiger partial charge >= 0.3 is 0 Å². The molecule has 5 nitrogen and oxygen atoms in total. The second-order valence-corrected chi connectivity index (χ2v) is 5.79. The number of thiocarbonyl (C=S) groups is 1. The number of anilines is 1. The molecule has 1 aromatic carbocycles. The molecule has 0 unspecified atom stereocenters. The molecule has 0 amide bonds. The van der Waals surface area contributed by atoms with Crippen molar-refractivity contribution in [2.45, 2.75) is 0 Å². The van der Waals surface area contributed by atoms with Crippen molar-refractivity contribution in [3.05, 3.63) is 28.7 Å². The molecule has 1 aromatic rings. The normalized spacial score (nSPS) is 15.7. The van der Waals surface area contributed by atoms with Crippen molar-refractivity contribution in [3.8, 4) is 0 Å². The molecular weight excluding hydrogens is 340 g/mol. The second kappa shape index (κ2) is 8.41. The molecule has 3 N–H and O–H groups in total. The van der Waals surface area contributed by atoms with Crippen LogP contribution < -0.4 is 16.2 Å². The standard InChI is InChI=1S/C13H19BrN4OS/c14-11-2-1-3-12(10-11)16-17-13(20)15-4-5-18-6-8-19-9-7-18/h1-3,10,16H,4-9H2,(H2,15,17,20). The van der Waals surface area contributed by atoms with Crippen LogP contribution in [0.25, 0.3) is 0 Å². The van der Waals surface area contributed by atoms with Gasteiger partial charge in [0.05, 0.1) is 18.9 Å². The lowest BCUT2D eigenvalue weighted by Gasteiger charge is -2.26. The summed E-state index contributed by atoms with van der Waals surface area (Å²) in [5.41, 5.74) is 6.98. The van der Waals surface area contributed by atoms with E-state index in [-0.39, 0.29) is 0 Å². The lowest BCUT2D eigenvalue weighted by molar-refractivity contribution is 0.0389. The lowest BCUT2D eigenvalue weighted by Crippen LogP contribution is -2.44. The molecule has 110 valence electrons. The van der Waals surface area contributed by atoms with Gasteiger partial charge in [0, 0.05) is 30.7 Å². The molecule has 0 radical (unpaired) electrons. The predicted octanol–water partition coefficient (Wildman–Crippen LogP) is 1.57. The van der Waals surface area contributed by atoms with Gasteiger partial charge in [-0.1, -0.05) is 22.0 Å². The number of nitrogens with zero attached hydrogens (tertiary/aromatic N) is 1. The Hall–Kier alpha value is -0.890. The van der Waals surface area contributed by atoms with Gasteiger partial charge in [0.15, 0.2) is 5.11 Å². The summed E-state index contributed by atoms with van der Waals surface area (Å²) in [6.07, 6.45) is 0. The first-order chi connectivity index (χ1) is 9.74. The Bertz CT molecular complexity index is 440. The highest BCUT2D eigenvalue weighted by molar-refractivity contribution is 9.10. The maximum absolute atomic E-state index is 5.31. The topological polar surface area (TPSA) is 48.6 Å². The minimum Gasteiger partial charge on any atom is -0.379 e. The molecule has 2 rings (SSSR count). The summed E-state index contributed by atoms with van der Waals surface area (Å²) < 4.78 is 6.33. The van der Waals surface area contributed by atoms with Gasteiger partial charge < -0.3 is 10.1 Å². The molecule has 1 aliphatic rings. The minimum atomic E-state index is 0.596. The molecule has 0 bridgehead atoms. The van der Waals surface area contributed by atoms with E-state index in [0.717, 1.165) is 49.6 Å². The number of benzene rings is 1. The molecule has 0 aliphatic carbocycles. The number of ether oxygens (including phenoxy) is 1. The van der Waals surface area contributed by atoms with Crippen molar-refractivity contribution in [1.29, 1.82) is 0 Å². The van der Waals surface area contributed by atoms with Crippen LogP contribution in [0.4, 0.5) is 5.69 Å². The van der Waals surface area contributed by atoms with E-state index in [0.29, 0.717) is 5.11 Å².